The summed E-state index contributed by atoms with van der Waals surface area (Å²) in [5.41, 5.74) is -5.65. The number of benzene rings is 3. The first-order valence-corrected chi connectivity index (χ1v) is 12.5. The summed E-state index contributed by atoms with van der Waals surface area (Å²) >= 11 is 0. The molecule has 32 heavy (non-hydrogen) atoms. The van der Waals surface area contributed by atoms with E-state index in [0.717, 1.165) is 0 Å². The maximum atomic E-state index is 12.4. The van der Waals surface area contributed by atoms with Gasteiger partial charge in [-0.1, -0.05) is 54.6 Å². The third-order valence-electron chi connectivity index (χ3n) is 4.47. The van der Waals surface area contributed by atoms with Crippen LogP contribution in [0.4, 0.5) is 13.2 Å². The van der Waals surface area contributed by atoms with E-state index in [-0.39, 0.29) is 5.97 Å². The van der Waals surface area contributed by atoms with Crippen LogP contribution in [0.15, 0.2) is 91.0 Å². The Hall–Kier alpha value is -2.74. The first-order valence-electron chi connectivity index (χ1n) is 9.16. The fourth-order valence-corrected chi connectivity index (χ4v) is 7.03. The summed E-state index contributed by atoms with van der Waals surface area (Å²) < 4.78 is 64.0. The van der Waals surface area contributed by atoms with Gasteiger partial charge in [0.15, 0.2) is 16.3 Å². The van der Waals surface area contributed by atoms with Crippen LogP contribution >= 0.6 is 7.26 Å². The van der Waals surface area contributed by atoms with Gasteiger partial charge in [-0.25, -0.2) is 13.2 Å². The van der Waals surface area contributed by atoms with E-state index in [1.807, 2.05) is 54.6 Å². The van der Waals surface area contributed by atoms with Gasteiger partial charge in [0.25, 0.3) is 0 Å². The number of rotatable bonds is 5. The molecule has 0 radical (unpaired) electrons. The molecule has 0 saturated carbocycles. The van der Waals surface area contributed by atoms with Gasteiger partial charge < -0.3 is 9.29 Å². The summed E-state index contributed by atoms with van der Waals surface area (Å²) in [6.45, 7) is 0. The second-order valence-electron chi connectivity index (χ2n) is 6.45. The highest BCUT2D eigenvalue weighted by Crippen LogP contribution is 2.55. The Balaban J connectivity index is 0.000000390. The second kappa shape index (κ2) is 10.7. The standard InChI is InChI=1S/C21H20O2P.CHF3O3S/c1-23-21(22)17-24(18-11-5-2-6-12-18,19-13-7-3-8-14-19)20-15-9-4-10-16-20;2-1(3,4)8(5,6)7/h2-16H,17H2,1H3;(H,5,6,7)/q+1;/p-1. The summed E-state index contributed by atoms with van der Waals surface area (Å²) in [7, 11) is -6.73. The van der Waals surface area contributed by atoms with Crippen molar-refractivity contribution in [2.45, 2.75) is 5.51 Å². The molecule has 170 valence electrons. The molecule has 0 aliphatic heterocycles. The molecule has 3 rings (SSSR count). The van der Waals surface area contributed by atoms with Crippen molar-refractivity contribution in [3.05, 3.63) is 91.0 Å². The van der Waals surface area contributed by atoms with Crippen molar-refractivity contribution in [2.75, 3.05) is 13.3 Å². The van der Waals surface area contributed by atoms with Gasteiger partial charge in [-0.2, -0.15) is 13.2 Å². The van der Waals surface area contributed by atoms with Gasteiger partial charge in [0, 0.05) is 0 Å². The zero-order chi connectivity index (χ0) is 23.8. The lowest BCUT2D eigenvalue weighted by molar-refractivity contribution is -0.137. The summed E-state index contributed by atoms with van der Waals surface area (Å²) in [5.74, 6) is -0.181. The molecule has 0 saturated heterocycles. The van der Waals surface area contributed by atoms with Crippen molar-refractivity contribution in [3.8, 4) is 0 Å². The first kappa shape index (κ1) is 25.5. The Morgan fingerprint density at radius 2 is 1.09 bits per heavy atom. The van der Waals surface area contributed by atoms with E-state index < -0.39 is 22.9 Å². The van der Waals surface area contributed by atoms with Gasteiger partial charge in [0.05, 0.1) is 7.11 Å². The molecule has 0 unspecified atom stereocenters. The molecule has 0 aliphatic rings. The molecule has 0 heterocycles. The van der Waals surface area contributed by atoms with Crippen LogP contribution in [0.5, 0.6) is 0 Å². The molecule has 0 amide bonds. The molecule has 0 atom stereocenters. The van der Waals surface area contributed by atoms with Crippen molar-refractivity contribution < 1.29 is 35.7 Å². The average molecular weight is 484 g/mol. The van der Waals surface area contributed by atoms with Gasteiger partial charge in [-0.05, 0) is 36.4 Å². The lowest BCUT2D eigenvalue weighted by atomic mass is 10.4. The zero-order valence-corrected chi connectivity index (χ0v) is 18.6. The number of esters is 1. The number of hydrogen-bond donors (Lipinski definition) is 0. The number of ether oxygens (including phenoxy) is 1. The quantitative estimate of drug-likeness (QED) is 0.240. The number of carbonyl (C=O) groups is 1. The van der Waals surface area contributed by atoms with Crippen molar-refractivity contribution >= 4 is 39.3 Å². The highest BCUT2D eigenvalue weighted by Gasteiger charge is 2.47. The molecule has 0 fully saturated rings. The van der Waals surface area contributed by atoms with Crippen molar-refractivity contribution in [1.82, 2.24) is 0 Å². The van der Waals surface area contributed by atoms with Crippen molar-refractivity contribution in [2.24, 2.45) is 0 Å². The molecule has 0 N–H and O–H groups in total. The van der Waals surface area contributed by atoms with Gasteiger partial charge in [0.1, 0.15) is 23.2 Å². The fraction of sp³-hybridized carbons (Fsp3) is 0.136. The van der Waals surface area contributed by atoms with Crippen LogP contribution < -0.4 is 15.9 Å². The SMILES string of the molecule is COC(=O)C[P+](c1ccccc1)(c1ccccc1)c1ccccc1.O=S(=O)([O-])C(F)(F)F. The van der Waals surface area contributed by atoms with Gasteiger partial charge in [-0.15, -0.1) is 0 Å². The average Bonchev–Trinajstić information content (AvgIpc) is 2.78. The Bertz CT molecular complexity index is 1010. The van der Waals surface area contributed by atoms with Crippen LogP contribution in [-0.2, 0) is 19.6 Å². The predicted octanol–water partition coefficient (Wildman–Crippen LogP) is 3.20. The van der Waals surface area contributed by atoms with E-state index in [1.165, 1.54) is 23.0 Å². The first-order chi connectivity index (χ1) is 15.0. The van der Waals surface area contributed by atoms with Crippen molar-refractivity contribution in [1.29, 1.82) is 0 Å². The Kier molecular flexibility index (Phi) is 8.55. The number of halogens is 3. The molecular formula is C22H20F3O5PS. The van der Waals surface area contributed by atoms with E-state index in [4.69, 9.17) is 17.7 Å². The van der Waals surface area contributed by atoms with Crippen LogP contribution in [0.3, 0.4) is 0 Å². The largest absolute Gasteiger partial charge is 0.741 e. The van der Waals surface area contributed by atoms with Crippen LogP contribution in [-0.4, -0.2) is 37.7 Å². The Morgan fingerprint density at radius 1 is 0.812 bits per heavy atom. The van der Waals surface area contributed by atoms with E-state index in [9.17, 15) is 18.0 Å². The minimum Gasteiger partial charge on any atom is -0.741 e. The molecular weight excluding hydrogens is 464 g/mol. The molecule has 10 heteroatoms. The summed E-state index contributed by atoms with van der Waals surface area (Å²) in [6, 6.07) is 31.0. The van der Waals surface area contributed by atoms with E-state index in [0.29, 0.717) is 6.16 Å². The summed E-state index contributed by atoms with van der Waals surface area (Å²) in [4.78, 5) is 12.4. The highest BCUT2D eigenvalue weighted by atomic mass is 32.2. The number of carbonyl (C=O) groups excluding carboxylic acids is 1. The fourth-order valence-electron chi connectivity index (χ4n) is 3.03. The van der Waals surface area contributed by atoms with Crippen LogP contribution in [0.2, 0.25) is 0 Å². The predicted molar refractivity (Wildman–Crippen MR) is 118 cm³/mol. The Morgan fingerprint density at radius 3 is 1.31 bits per heavy atom. The molecule has 0 aliphatic carbocycles. The molecule has 5 nitrogen and oxygen atoms in total. The minimum atomic E-state index is -6.09. The second-order valence-corrected chi connectivity index (χ2v) is 11.3. The molecule has 3 aromatic carbocycles. The summed E-state index contributed by atoms with van der Waals surface area (Å²) in [5, 5.41) is 3.56. The van der Waals surface area contributed by atoms with Gasteiger partial charge in [0.2, 0.25) is 0 Å². The third kappa shape index (κ3) is 6.16. The van der Waals surface area contributed by atoms with Crippen LogP contribution in [0.1, 0.15) is 0 Å². The minimum absolute atomic E-state index is 0.181. The number of hydrogen-bond acceptors (Lipinski definition) is 5. The zero-order valence-electron chi connectivity index (χ0n) is 16.9. The van der Waals surface area contributed by atoms with Crippen molar-refractivity contribution in [3.63, 3.8) is 0 Å². The van der Waals surface area contributed by atoms with Gasteiger partial charge >= 0.3 is 11.5 Å². The van der Waals surface area contributed by atoms with Crippen LogP contribution in [0.25, 0.3) is 0 Å². The monoisotopic (exact) mass is 484 g/mol. The van der Waals surface area contributed by atoms with E-state index in [1.54, 1.807) is 0 Å². The summed E-state index contributed by atoms with van der Waals surface area (Å²) in [6.07, 6.45) is 0.363. The lowest BCUT2D eigenvalue weighted by Gasteiger charge is -2.26. The highest BCUT2D eigenvalue weighted by molar-refractivity contribution is 7.96. The molecule has 3 aromatic rings. The number of methoxy groups -OCH3 is 1. The molecule has 0 bridgehead atoms. The third-order valence-corrected chi connectivity index (χ3v) is 9.31. The van der Waals surface area contributed by atoms with Crippen LogP contribution in [0, 0.1) is 0 Å². The van der Waals surface area contributed by atoms with E-state index in [2.05, 4.69) is 36.4 Å². The smallest absolute Gasteiger partial charge is 0.485 e. The topological polar surface area (TPSA) is 83.5 Å². The van der Waals surface area contributed by atoms with E-state index >= 15 is 0 Å². The van der Waals surface area contributed by atoms with Gasteiger partial charge in [-0.3, -0.25) is 0 Å². The molecule has 0 aromatic heterocycles. The maximum Gasteiger partial charge on any atom is 0.485 e. The number of alkyl halides is 3. The lowest BCUT2D eigenvalue weighted by Crippen LogP contribution is -2.36. The maximum absolute atomic E-state index is 12.4. The normalized spacial score (nSPS) is 11.8. The molecule has 0 spiro atoms. The Labute approximate surface area is 184 Å².